The number of nitrogens with one attached hydrogen (secondary N) is 2. The molecular weight excluding hydrogens is 276 g/mol. The van der Waals surface area contributed by atoms with Gasteiger partial charge in [0.15, 0.2) is 0 Å². The van der Waals surface area contributed by atoms with Gasteiger partial charge in [-0.25, -0.2) is 4.98 Å². The first-order valence-electron chi connectivity index (χ1n) is 7.01. The van der Waals surface area contributed by atoms with Crippen LogP contribution in [0.4, 0.5) is 0 Å². The molecule has 2 N–H and O–H groups in total. The van der Waals surface area contributed by atoms with Gasteiger partial charge in [0, 0.05) is 17.1 Å². The van der Waals surface area contributed by atoms with Gasteiger partial charge in [0.2, 0.25) is 0 Å². The smallest absolute Gasteiger partial charge is 0.253 e. The van der Waals surface area contributed by atoms with Crippen molar-refractivity contribution in [2.75, 3.05) is 0 Å². The van der Waals surface area contributed by atoms with Crippen molar-refractivity contribution in [3.05, 3.63) is 53.3 Å². The zero-order valence-corrected chi connectivity index (χ0v) is 11.8. The van der Waals surface area contributed by atoms with Crippen LogP contribution in [0.5, 0.6) is 0 Å². The minimum Gasteiger partial charge on any atom is -0.359 e. The van der Waals surface area contributed by atoms with Gasteiger partial charge in [0.05, 0.1) is 34.1 Å². The summed E-state index contributed by atoms with van der Waals surface area (Å²) >= 11 is 0. The van der Waals surface area contributed by atoms with Crippen LogP contribution in [0.2, 0.25) is 0 Å². The van der Waals surface area contributed by atoms with E-state index in [1.807, 2.05) is 37.4 Å². The summed E-state index contributed by atoms with van der Waals surface area (Å²) in [6.07, 6.45) is 1.86. The summed E-state index contributed by atoms with van der Waals surface area (Å²) in [5.41, 5.74) is 4.55. The number of aromatic nitrogens is 2. The third-order valence-electron chi connectivity index (χ3n) is 4.04. The molecule has 22 heavy (non-hydrogen) atoms. The topological polar surface area (TPSA) is 81.6 Å². The number of hydrogen-bond donors (Lipinski definition) is 2. The second kappa shape index (κ2) is 4.43. The molecule has 0 aliphatic carbocycles. The highest BCUT2D eigenvalue weighted by atomic mass is 16.2. The largest absolute Gasteiger partial charge is 0.359 e. The highest BCUT2D eigenvalue weighted by Crippen LogP contribution is 2.31. The van der Waals surface area contributed by atoms with E-state index in [0.29, 0.717) is 11.1 Å². The summed E-state index contributed by atoms with van der Waals surface area (Å²) in [5, 5.41) is 13.0. The van der Waals surface area contributed by atoms with Crippen LogP contribution in [0.25, 0.3) is 22.2 Å². The van der Waals surface area contributed by atoms with Crippen molar-refractivity contribution >= 4 is 16.8 Å². The van der Waals surface area contributed by atoms with E-state index in [-0.39, 0.29) is 11.9 Å². The Labute approximate surface area is 126 Å². The molecule has 5 nitrogen and oxygen atoms in total. The molecular formula is C17H12N4O. The Morgan fingerprint density at radius 3 is 2.91 bits per heavy atom. The molecule has 4 rings (SSSR count). The first-order chi connectivity index (χ1) is 10.7. The van der Waals surface area contributed by atoms with Crippen molar-refractivity contribution in [2.45, 2.75) is 13.0 Å². The molecule has 0 saturated heterocycles. The molecule has 2 aromatic heterocycles. The fourth-order valence-corrected chi connectivity index (χ4v) is 2.95. The molecule has 0 radical (unpaired) electrons. The number of fused-ring (bicyclic) bond motifs is 2. The standard InChI is InChI=1S/C17H12N4O/c1-9-15-12(17(22)20-9)5-6-14(21-15)13-8-19-16-10(7-18)3-2-4-11(13)16/h2-6,8-9,19H,1H3,(H,20,22). The Balaban J connectivity index is 1.92. The van der Waals surface area contributed by atoms with E-state index in [2.05, 4.69) is 21.4 Å². The van der Waals surface area contributed by atoms with Crippen molar-refractivity contribution in [3.63, 3.8) is 0 Å². The van der Waals surface area contributed by atoms with Crippen molar-refractivity contribution < 1.29 is 4.79 Å². The lowest BCUT2D eigenvalue weighted by Gasteiger charge is -2.05. The van der Waals surface area contributed by atoms with E-state index in [1.165, 1.54) is 0 Å². The summed E-state index contributed by atoms with van der Waals surface area (Å²) in [6, 6.07) is 11.4. The van der Waals surface area contributed by atoms with E-state index in [9.17, 15) is 10.1 Å². The molecule has 5 heteroatoms. The van der Waals surface area contributed by atoms with Crippen molar-refractivity contribution in [3.8, 4) is 17.3 Å². The zero-order valence-electron chi connectivity index (χ0n) is 11.8. The number of amides is 1. The van der Waals surface area contributed by atoms with Crippen LogP contribution >= 0.6 is 0 Å². The third kappa shape index (κ3) is 1.64. The summed E-state index contributed by atoms with van der Waals surface area (Å²) in [4.78, 5) is 19.6. The molecule has 3 heterocycles. The van der Waals surface area contributed by atoms with Crippen LogP contribution in [-0.4, -0.2) is 15.9 Å². The summed E-state index contributed by atoms with van der Waals surface area (Å²) in [6.45, 7) is 1.92. The maximum absolute atomic E-state index is 11.8. The van der Waals surface area contributed by atoms with Crippen LogP contribution in [0.15, 0.2) is 36.5 Å². The number of carbonyl (C=O) groups is 1. The zero-order chi connectivity index (χ0) is 15.3. The molecule has 1 aliphatic rings. The fraction of sp³-hybridized carbons (Fsp3) is 0.118. The Kier molecular flexibility index (Phi) is 2.54. The molecule has 0 saturated carbocycles. The van der Waals surface area contributed by atoms with Gasteiger partial charge in [-0.2, -0.15) is 5.26 Å². The Morgan fingerprint density at radius 1 is 1.23 bits per heavy atom. The molecule has 3 aromatic rings. The number of aromatic amines is 1. The van der Waals surface area contributed by atoms with Gasteiger partial charge in [0.1, 0.15) is 6.07 Å². The number of rotatable bonds is 1. The highest BCUT2D eigenvalue weighted by Gasteiger charge is 2.27. The minimum atomic E-state index is -0.0812. The van der Waals surface area contributed by atoms with Gasteiger partial charge in [-0.1, -0.05) is 12.1 Å². The Morgan fingerprint density at radius 2 is 2.09 bits per heavy atom. The van der Waals surface area contributed by atoms with E-state index in [4.69, 9.17) is 0 Å². The number of H-pyrrole nitrogens is 1. The van der Waals surface area contributed by atoms with Crippen LogP contribution in [0, 0.1) is 11.3 Å². The SMILES string of the molecule is CC1NC(=O)c2ccc(-c3c[nH]c4c(C#N)cccc34)nc21. The molecule has 0 bridgehead atoms. The van der Waals surface area contributed by atoms with Gasteiger partial charge in [0.25, 0.3) is 5.91 Å². The minimum absolute atomic E-state index is 0.0766. The Bertz CT molecular complexity index is 964. The van der Waals surface area contributed by atoms with Gasteiger partial charge in [-0.3, -0.25) is 4.79 Å². The lowest BCUT2D eigenvalue weighted by molar-refractivity contribution is 0.0958. The van der Waals surface area contributed by atoms with Crippen molar-refractivity contribution in [1.29, 1.82) is 5.26 Å². The summed E-state index contributed by atoms with van der Waals surface area (Å²) in [7, 11) is 0. The Hall–Kier alpha value is -3.13. The van der Waals surface area contributed by atoms with Crippen LogP contribution in [0.1, 0.15) is 34.6 Å². The number of nitriles is 1. The second-order valence-corrected chi connectivity index (χ2v) is 5.37. The molecule has 0 spiro atoms. The maximum Gasteiger partial charge on any atom is 0.253 e. The quantitative estimate of drug-likeness (QED) is 0.722. The molecule has 106 valence electrons. The number of pyridine rings is 1. The monoisotopic (exact) mass is 288 g/mol. The third-order valence-corrected chi connectivity index (χ3v) is 4.04. The number of nitrogens with zero attached hydrogens (tertiary/aromatic N) is 2. The highest BCUT2D eigenvalue weighted by molar-refractivity contribution is 6.00. The van der Waals surface area contributed by atoms with Gasteiger partial charge < -0.3 is 10.3 Å². The predicted molar refractivity (Wildman–Crippen MR) is 82.1 cm³/mol. The lowest BCUT2D eigenvalue weighted by atomic mass is 10.1. The molecule has 1 aliphatic heterocycles. The normalized spacial score (nSPS) is 16.4. The van der Waals surface area contributed by atoms with Crippen molar-refractivity contribution in [2.24, 2.45) is 0 Å². The number of benzene rings is 1. The average Bonchev–Trinajstić information content (AvgIpc) is 3.09. The van der Waals surface area contributed by atoms with Gasteiger partial charge in [-0.05, 0) is 25.1 Å². The number of para-hydroxylation sites is 1. The summed E-state index contributed by atoms with van der Waals surface area (Å²) < 4.78 is 0. The maximum atomic E-state index is 11.8. The number of hydrogen-bond acceptors (Lipinski definition) is 3. The van der Waals surface area contributed by atoms with Gasteiger partial charge >= 0.3 is 0 Å². The van der Waals surface area contributed by atoms with Gasteiger partial charge in [-0.15, -0.1) is 0 Å². The molecule has 0 fully saturated rings. The van der Waals surface area contributed by atoms with Crippen LogP contribution < -0.4 is 5.32 Å². The second-order valence-electron chi connectivity index (χ2n) is 5.37. The van der Waals surface area contributed by atoms with Crippen LogP contribution in [0.3, 0.4) is 0 Å². The number of carbonyl (C=O) groups excluding carboxylic acids is 1. The molecule has 1 atom stereocenters. The van der Waals surface area contributed by atoms with Crippen molar-refractivity contribution in [1.82, 2.24) is 15.3 Å². The first kappa shape index (κ1) is 12.6. The predicted octanol–water partition coefficient (Wildman–Crippen LogP) is 2.91. The van der Waals surface area contributed by atoms with Crippen LogP contribution in [-0.2, 0) is 0 Å². The first-order valence-corrected chi connectivity index (χ1v) is 7.01. The summed E-state index contributed by atoms with van der Waals surface area (Å²) in [5.74, 6) is -0.0766. The van der Waals surface area contributed by atoms with E-state index in [1.54, 1.807) is 6.07 Å². The molecule has 1 amide bonds. The van der Waals surface area contributed by atoms with E-state index >= 15 is 0 Å². The van der Waals surface area contributed by atoms with E-state index in [0.717, 1.165) is 27.9 Å². The van der Waals surface area contributed by atoms with E-state index < -0.39 is 0 Å². The lowest BCUT2D eigenvalue weighted by Crippen LogP contribution is -2.16. The molecule has 1 unspecified atom stereocenters. The average molecular weight is 288 g/mol. The fourth-order valence-electron chi connectivity index (χ4n) is 2.95. The molecule has 1 aromatic carbocycles.